The normalized spacial score (nSPS) is 21.9. The number of hydrogen-bond acceptors (Lipinski definition) is 8. The number of para-hydroxylation sites is 1. The Morgan fingerprint density at radius 1 is 0.940 bits per heavy atom. The van der Waals surface area contributed by atoms with E-state index >= 15 is 0 Å². The first kappa shape index (κ1) is 35.5. The highest BCUT2D eigenvalue weighted by Gasteiger charge is 2.50. The van der Waals surface area contributed by atoms with E-state index in [1.807, 2.05) is 66.7 Å². The molecule has 50 heavy (non-hydrogen) atoms. The SMILES string of the molecule is CC(=O)NCCCCCC(=O)Nc1cccc([C@H]2O[C@@H](CN3CCC4(CC3)C(=O)NCN4c3ccccc3)C[C@@H](c3ccc(CO)cc3)O2)c1. The number of piperidine rings is 1. The molecular formula is C39H49N5O6. The lowest BCUT2D eigenvalue weighted by Crippen LogP contribution is -2.57. The fourth-order valence-corrected chi connectivity index (χ4v) is 7.30. The van der Waals surface area contributed by atoms with Crippen LogP contribution in [0.1, 0.15) is 81.0 Å². The van der Waals surface area contributed by atoms with E-state index in [-0.39, 0.29) is 36.5 Å². The van der Waals surface area contributed by atoms with Gasteiger partial charge in [0.2, 0.25) is 17.7 Å². The van der Waals surface area contributed by atoms with Crippen molar-refractivity contribution in [2.75, 3.05) is 43.1 Å². The van der Waals surface area contributed by atoms with Crippen LogP contribution in [0, 0.1) is 0 Å². The second kappa shape index (κ2) is 16.6. The number of anilines is 2. The number of aliphatic hydroxyl groups is 1. The number of benzene rings is 3. The molecule has 3 aliphatic rings. The van der Waals surface area contributed by atoms with Crippen molar-refractivity contribution < 1.29 is 29.0 Å². The lowest BCUT2D eigenvalue weighted by Gasteiger charge is -2.45. The maximum absolute atomic E-state index is 13.2. The summed E-state index contributed by atoms with van der Waals surface area (Å²) in [6.07, 6.45) is 3.93. The molecule has 4 N–H and O–H groups in total. The summed E-state index contributed by atoms with van der Waals surface area (Å²) in [4.78, 5) is 41.6. The number of aliphatic hydroxyl groups excluding tert-OH is 1. The molecule has 266 valence electrons. The van der Waals surface area contributed by atoms with Gasteiger partial charge in [0.05, 0.1) is 25.5 Å². The van der Waals surface area contributed by atoms with Crippen LogP contribution in [0.25, 0.3) is 0 Å². The van der Waals surface area contributed by atoms with Crippen molar-refractivity contribution in [1.29, 1.82) is 0 Å². The fourth-order valence-electron chi connectivity index (χ4n) is 7.30. The maximum atomic E-state index is 13.2. The number of unbranched alkanes of at least 4 members (excludes halogenated alkanes) is 2. The van der Waals surface area contributed by atoms with Crippen LogP contribution in [0.2, 0.25) is 0 Å². The van der Waals surface area contributed by atoms with Crippen molar-refractivity contribution in [3.8, 4) is 0 Å². The first-order chi connectivity index (χ1) is 24.3. The molecule has 0 bridgehead atoms. The van der Waals surface area contributed by atoms with Gasteiger partial charge in [-0.05, 0) is 61.1 Å². The minimum Gasteiger partial charge on any atom is -0.392 e. The Hall–Kier alpha value is -4.29. The minimum absolute atomic E-state index is 0.0219. The molecular weight excluding hydrogens is 634 g/mol. The van der Waals surface area contributed by atoms with Crippen molar-refractivity contribution in [2.45, 2.75) is 82.5 Å². The van der Waals surface area contributed by atoms with E-state index in [4.69, 9.17) is 9.47 Å². The van der Waals surface area contributed by atoms with Gasteiger partial charge in [-0.2, -0.15) is 0 Å². The molecule has 1 spiro atoms. The summed E-state index contributed by atoms with van der Waals surface area (Å²) >= 11 is 0. The predicted molar refractivity (Wildman–Crippen MR) is 191 cm³/mol. The molecule has 3 heterocycles. The average molecular weight is 684 g/mol. The molecule has 3 saturated heterocycles. The van der Waals surface area contributed by atoms with Gasteiger partial charge in [-0.15, -0.1) is 0 Å². The Labute approximate surface area is 294 Å². The number of hydrogen-bond donors (Lipinski definition) is 4. The van der Waals surface area contributed by atoms with Crippen LogP contribution in [0.4, 0.5) is 11.4 Å². The van der Waals surface area contributed by atoms with E-state index in [9.17, 15) is 19.5 Å². The third kappa shape index (κ3) is 8.70. The number of carbonyl (C=O) groups excluding carboxylic acids is 3. The zero-order chi connectivity index (χ0) is 34.9. The summed E-state index contributed by atoms with van der Waals surface area (Å²) in [7, 11) is 0. The first-order valence-corrected chi connectivity index (χ1v) is 17.8. The van der Waals surface area contributed by atoms with Crippen LogP contribution in [0.3, 0.4) is 0 Å². The molecule has 6 rings (SSSR count). The topological polar surface area (TPSA) is 132 Å². The van der Waals surface area contributed by atoms with E-state index in [0.29, 0.717) is 38.3 Å². The van der Waals surface area contributed by atoms with Gasteiger partial charge in [0, 0.05) is 62.9 Å². The van der Waals surface area contributed by atoms with E-state index in [1.165, 1.54) is 6.92 Å². The third-order valence-corrected chi connectivity index (χ3v) is 10.1. The third-order valence-electron chi connectivity index (χ3n) is 10.1. The fraction of sp³-hybridized carbons (Fsp3) is 0.462. The predicted octanol–water partition coefficient (Wildman–Crippen LogP) is 4.79. The molecule has 11 heteroatoms. The van der Waals surface area contributed by atoms with Crippen molar-refractivity contribution in [3.63, 3.8) is 0 Å². The molecule has 3 fully saturated rings. The number of amides is 3. The molecule has 0 aromatic heterocycles. The van der Waals surface area contributed by atoms with E-state index < -0.39 is 11.8 Å². The number of nitrogens with zero attached hydrogens (tertiary/aromatic N) is 2. The highest BCUT2D eigenvalue weighted by molar-refractivity contribution is 5.93. The lowest BCUT2D eigenvalue weighted by atomic mass is 9.85. The molecule has 0 aliphatic carbocycles. The summed E-state index contributed by atoms with van der Waals surface area (Å²) in [5.41, 5.74) is 3.87. The van der Waals surface area contributed by atoms with Crippen LogP contribution in [-0.2, 0) is 30.5 Å². The summed E-state index contributed by atoms with van der Waals surface area (Å²) < 4.78 is 13.2. The largest absolute Gasteiger partial charge is 0.392 e. The van der Waals surface area contributed by atoms with E-state index in [1.54, 1.807) is 0 Å². The highest BCUT2D eigenvalue weighted by atomic mass is 16.7. The standard InChI is InChI=1S/C39H49N5O6/c1-28(46)40-20-7-3-6-13-36(47)42-32-10-8-9-31(23-32)37-49-34(24-35(50-37)30-16-14-29(26-45)15-17-30)25-43-21-18-39(19-22-43)38(48)41-27-44(39)33-11-4-2-5-12-33/h2,4-5,8-12,14-17,23,34-35,37,45H,3,6-7,13,18-22,24-27H2,1H3,(H,40,46)(H,41,48)(H,42,47)/t34-,35+,37+/m1/s1. The molecule has 3 aromatic rings. The van der Waals surface area contributed by atoms with Crippen molar-refractivity contribution in [2.24, 2.45) is 0 Å². The van der Waals surface area contributed by atoms with Gasteiger partial charge < -0.3 is 40.3 Å². The molecule has 3 aliphatic heterocycles. The molecule has 3 aromatic carbocycles. The second-order valence-electron chi connectivity index (χ2n) is 13.6. The van der Waals surface area contributed by atoms with Gasteiger partial charge in [0.1, 0.15) is 5.54 Å². The van der Waals surface area contributed by atoms with E-state index in [0.717, 1.165) is 67.6 Å². The summed E-state index contributed by atoms with van der Waals surface area (Å²) in [5.74, 6) is 0.000753. The van der Waals surface area contributed by atoms with Gasteiger partial charge in [0.15, 0.2) is 6.29 Å². The van der Waals surface area contributed by atoms with Crippen LogP contribution >= 0.6 is 0 Å². The molecule has 11 nitrogen and oxygen atoms in total. The van der Waals surface area contributed by atoms with Gasteiger partial charge >= 0.3 is 0 Å². The van der Waals surface area contributed by atoms with Crippen molar-refractivity contribution in [1.82, 2.24) is 15.5 Å². The average Bonchev–Trinajstić information content (AvgIpc) is 3.45. The van der Waals surface area contributed by atoms with Gasteiger partial charge in [-0.3, -0.25) is 14.4 Å². The monoisotopic (exact) mass is 683 g/mol. The van der Waals surface area contributed by atoms with Crippen LogP contribution in [0.15, 0.2) is 78.9 Å². The van der Waals surface area contributed by atoms with Crippen molar-refractivity contribution in [3.05, 3.63) is 95.6 Å². The summed E-state index contributed by atoms with van der Waals surface area (Å²) in [5, 5.41) is 18.5. The molecule has 3 amide bonds. The maximum Gasteiger partial charge on any atom is 0.247 e. The Balaban J connectivity index is 1.11. The number of nitrogens with one attached hydrogen (secondary N) is 3. The van der Waals surface area contributed by atoms with Gasteiger partial charge in [-0.25, -0.2) is 0 Å². The van der Waals surface area contributed by atoms with Crippen molar-refractivity contribution >= 4 is 29.1 Å². The van der Waals surface area contributed by atoms with Gasteiger partial charge in [-0.1, -0.05) is 61.0 Å². The lowest BCUT2D eigenvalue weighted by molar-refractivity contribution is -0.253. The van der Waals surface area contributed by atoms with Crippen LogP contribution < -0.4 is 20.9 Å². The molecule has 0 unspecified atom stereocenters. The van der Waals surface area contributed by atoms with Crippen LogP contribution in [0.5, 0.6) is 0 Å². The number of likely N-dealkylation sites (tertiary alicyclic amines) is 1. The smallest absolute Gasteiger partial charge is 0.247 e. The Kier molecular flexibility index (Phi) is 11.8. The zero-order valence-corrected chi connectivity index (χ0v) is 28.8. The van der Waals surface area contributed by atoms with Crippen LogP contribution in [-0.4, -0.2) is 72.2 Å². The summed E-state index contributed by atoms with van der Waals surface area (Å²) in [6.45, 7) is 4.86. The quantitative estimate of drug-likeness (QED) is 0.189. The van der Waals surface area contributed by atoms with E-state index in [2.05, 4.69) is 37.9 Å². The summed E-state index contributed by atoms with van der Waals surface area (Å²) in [6, 6.07) is 25.6. The Morgan fingerprint density at radius 3 is 2.46 bits per heavy atom. The van der Waals surface area contributed by atoms with Gasteiger partial charge in [0.25, 0.3) is 0 Å². The Bertz CT molecular complexity index is 1590. The first-order valence-electron chi connectivity index (χ1n) is 17.8. The molecule has 3 atom stereocenters. The number of ether oxygens (including phenoxy) is 2. The number of carbonyl (C=O) groups is 3. The Morgan fingerprint density at radius 2 is 1.72 bits per heavy atom. The molecule has 0 saturated carbocycles. The number of rotatable bonds is 13. The minimum atomic E-state index is -0.646. The second-order valence-corrected chi connectivity index (χ2v) is 13.6. The highest BCUT2D eigenvalue weighted by Crippen LogP contribution is 2.40. The zero-order valence-electron chi connectivity index (χ0n) is 28.8. The molecule has 0 radical (unpaired) electrons.